The zero-order valence-electron chi connectivity index (χ0n) is 12.1. The van der Waals surface area contributed by atoms with Gasteiger partial charge in [-0.25, -0.2) is 0 Å². The number of hydrogen-bond donors (Lipinski definition) is 1. The van der Waals surface area contributed by atoms with Crippen LogP contribution < -0.4 is 5.32 Å². The average molecular weight is 251 g/mol. The van der Waals surface area contributed by atoms with Gasteiger partial charge in [-0.3, -0.25) is 9.80 Å². The number of hydrogen-bond acceptors (Lipinski definition) is 3. The van der Waals surface area contributed by atoms with Crippen molar-refractivity contribution in [1.82, 2.24) is 15.1 Å². The Morgan fingerprint density at radius 1 is 1.00 bits per heavy atom. The normalized spacial score (nSPS) is 38.3. The summed E-state index contributed by atoms with van der Waals surface area (Å²) >= 11 is 0. The molecule has 0 saturated carbocycles. The molecule has 3 heterocycles. The van der Waals surface area contributed by atoms with E-state index in [4.69, 9.17) is 0 Å². The van der Waals surface area contributed by atoms with Crippen molar-refractivity contribution in [3.05, 3.63) is 0 Å². The van der Waals surface area contributed by atoms with Gasteiger partial charge in [-0.15, -0.1) is 0 Å². The van der Waals surface area contributed by atoms with Gasteiger partial charge in [0.15, 0.2) is 0 Å². The van der Waals surface area contributed by atoms with Gasteiger partial charge in [-0.1, -0.05) is 13.8 Å². The number of piperidine rings is 1. The first kappa shape index (κ1) is 12.9. The Balaban J connectivity index is 1.60. The minimum atomic E-state index is 0.443. The molecule has 0 aromatic heterocycles. The largest absolute Gasteiger partial charge is 0.316 e. The summed E-state index contributed by atoms with van der Waals surface area (Å²) in [7, 11) is 0. The summed E-state index contributed by atoms with van der Waals surface area (Å²) < 4.78 is 0. The van der Waals surface area contributed by atoms with Crippen molar-refractivity contribution in [2.75, 3.05) is 39.3 Å². The Hall–Kier alpha value is -0.120. The van der Waals surface area contributed by atoms with Gasteiger partial charge in [0, 0.05) is 31.7 Å². The van der Waals surface area contributed by atoms with Gasteiger partial charge in [0.25, 0.3) is 0 Å². The van der Waals surface area contributed by atoms with Gasteiger partial charge in [-0.2, -0.15) is 0 Å². The fourth-order valence-electron chi connectivity index (χ4n) is 4.29. The SMILES string of the molecule is CC1(C)CNCCC1N1CCC(N2CCCC2)C1. The molecule has 3 nitrogen and oxygen atoms in total. The van der Waals surface area contributed by atoms with Gasteiger partial charge in [-0.05, 0) is 50.7 Å². The Morgan fingerprint density at radius 2 is 1.78 bits per heavy atom. The van der Waals surface area contributed by atoms with Crippen molar-refractivity contribution >= 4 is 0 Å². The Labute approximate surface area is 112 Å². The quantitative estimate of drug-likeness (QED) is 0.803. The monoisotopic (exact) mass is 251 g/mol. The molecule has 0 aliphatic carbocycles. The van der Waals surface area contributed by atoms with Crippen LogP contribution in [-0.2, 0) is 0 Å². The highest BCUT2D eigenvalue weighted by atomic mass is 15.3. The molecular weight excluding hydrogens is 222 g/mol. The van der Waals surface area contributed by atoms with Crippen LogP contribution in [0.5, 0.6) is 0 Å². The number of rotatable bonds is 2. The summed E-state index contributed by atoms with van der Waals surface area (Å²) in [6, 6.07) is 1.66. The highest BCUT2D eigenvalue weighted by molar-refractivity contribution is 4.96. The molecular formula is C15H29N3. The summed E-state index contributed by atoms with van der Waals surface area (Å²) in [5.74, 6) is 0. The molecule has 0 radical (unpaired) electrons. The first-order chi connectivity index (χ1) is 8.67. The molecule has 3 fully saturated rings. The standard InChI is InChI=1S/C15H29N3/c1-15(2)12-16-7-5-14(15)18-10-6-13(11-18)17-8-3-4-9-17/h13-14,16H,3-12H2,1-2H3. The maximum atomic E-state index is 3.56. The van der Waals surface area contributed by atoms with E-state index < -0.39 is 0 Å². The van der Waals surface area contributed by atoms with Crippen molar-refractivity contribution in [2.24, 2.45) is 5.41 Å². The Kier molecular flexibility index (Phi) is 3.65. The van der Waals surface area contributed by atoms with Crippen molar-refractivity contribution in [3.8, 4) is 0 Å². The third-order valence-electron chi connectivity index (χ3n) is 5.37. The van der Waals surface area contributed by atoms with Gasteiger partial charge in [0.2, 0.25) is 0 Å². The van der Waals surface area contributed by atoms with E-state index in [0.717, 1.165) is 12.1 Å². The predicted octanol–water partition coefficient (Wildman–Crippen LogP) is 1.54. The molecule has 1 N–H and O–H groups in total. The number of nitrogens with zero attached hydrogens (tertiary/aromatic N) is 2. The topological polar surface area (TPSA) is 18.5 Å². The molecule has 3 aliphatic rings. The first-order valence-corrected chi connectivity index (χ1v) is 7.86. The van der Waals surface area contributed by atoms with E-state index in [0.29, 0.717) is 5.41 Å². The van der Waals surface area contributed by atoms with E-state index in [-0.39, 0.29) is 0 Å². The van der Waals surface area contributed by atoms with Crippen LogP contribution in [0.3, 0.4) is 0 Å². The lowest BCUT2D eigenvalue weighted by Gasteiger charge is -2.44. The molecule has 3 heteroatoms. The lowest BCUT2D eigenvalue weighted by atomic mass is 9.79. The van der Waals surface area contributed by atoms with Crippen LogP contribution in [0.1, 0.15) is 39.5 Å². The molecule has 3 aliphatic heterocycles. The number of likely N-dealkylation sites (tertiary alicyclic amines) is 2. The zero-order chi connectivity index (χ0) is 12.6. The highest BCUT2D eigenvalue weighted by Gasteiger charge is 2.40. The van der Waals surface area contributed by atoms with Crippen molar-refractivity contribution in [3.63, 3.8) is 0 Å². The minimum Gasteiger partial charge on any atom is -0.316 e. The average Bonchev–Trinajstić information content (AvgIpc) is 2.99. The maximum Gasteiger partial charge on any atom is 0.0235 e. The fourth-order valence-corrected chi connectivity index (χ4v) is 4.29. The summed E-state index contributed by atoms with van der Waals surface area (Å²) in [6.07, 6.45) is 5.59. The predicted molar refractivity (Wildman–Crippen MR) is 75.8 cm³/mol. The molecule has 0 aromatic rings. The van der Waals surface area contributed by atoms with Crippen molar-refractivity contribution < 1.29 is 0 Å². The van der Waals surface area contributed by atoms with E-state index in [1.165, 1.54) is 65.0 Å². The Bertz CT molecular complexity index is 283. The summed E-state index contributed by atoms with van der Waals surface area (Å²) in [5.41, 5.74) is 0.443. The van der Waals surface area contributed by atoms with E-state index >= 15 is 0 Å². The molecule has 0 amide bonds. The lowest BCUT2D eigenvalue weighted by Crippen LogP contribution is -2.54. The van der Waals surface area contributed by atoms with Crippen molar-refractivity contribution in [2.45, 2.75) is 51.6 Å². The fraction of sp³-hybridized carbons (Fsp3) is 1.00. The Morgan fingerprint density at radius 3 is 2.50 bits per heavy atom. The molecule has 2 unspecified atom stereocenters. The van der Waals surface area contributed by atoms with Crippen LogP contribution in [0.2, 0.25) is 0 Å². The molecule has 0 bridgehead atoms. The summed E-state index contributed by atoms with van der Waals surface area (Å²) in [5, 5.41) is 3.56. The molecule has 0 spiro atoms. The lowest BCUT2D eigenvalue weighted by molar-refractivity contribution is 0.0718. The van der Waals surface area contributed by atoms with Crippen LogP contribution in [-0.4, -0.2) is 61.2 Å². The third kappa shape index (κ3) is 2.45. The minimum absolute atomic E-state index is 0.443. The molecule has 3 saturated heterocycles. The molecule has 0 aromatic carbocycles. The van der Waals surface area contributed by atoms with E-state index in [1.54, 1.807) is 0 Å². The summed E-state index contributed by atoms with van der Waals surface area (Å²) in [4.78, 5) is 5.54. The summed E-state index contributed by atoms with van der Waals surface area (Å²) in [6.45, 7) is 12.6. The first-order valence-electron chi connectivity index (χ1n) is 7.86. The molecule has 104 valence electrons. The molecule has 18 heavy (non-hydrogen) atoms. The second-order valence-electron chi connectivity index (χ2n) is 7.15. The van der Waals surface area contributed by atoms with Crippen LogP contribution in [0.4, 0.5) is 0 Å². The zero-order valence-corrected chi connectivity index (χ0v) is 12.1. The van der Waals surface area contributed by atoms with Crippen LogP contribution in [0.25, 0.3) is 0 Å². The van der Waals surface area contributed by atoms with E-state index in [9.17, 15) is 0 Å². The van der Waals surface area contributed by atoms with Crippen molar-refractivity contribution in [1.29, 1.82) is 0 Å². The van der Waals surface area contributed by atoms with E-state index in [1.807, 2.05) is 0 Å². The van der Waals surface area contributed by atoms with Gasteiger partial charge < -0.3 is 5.32 Å². The second kappa shape index (κ2) is 5.10. The van der Waals surface area contributed by atoms with Gasteiger partial charge in [0.1, 0.15) is 0 Å². The van der Waals surface area contributed by atoms with Crippen LogP contribution >= 0.6 is 0 Å². The smallest absolute Gasteiger partial charge is 0.0235 e. The van der Waals surface area contributed by atoms with Crippen LogP contribution in [0, 0.1) is 5.41 Å². The number of nitrogens with one attached hydrogen (secondary N) is 1. The second-order valence-corrected chi connectivity index (χ2v) is 7.15. The third-order valence-corrected chi connectivity index (χ3v) is 5.37. The van der Waals surface area contributed by atoms with E-state index in [2.05, 4.69) is 29.0 Å². The van der Waals surface area contributed by atoms with Gasteiger partial charge >= 0.3 is 0 Å². The maximum absolute atomic E-state index is 3.56. The van der Waals surface area contributed by atoms with Gasteiger partial charge in [0.05, 0.1) is 0 Å². The molecule has 3 rings (SSSR count). The molecule has 2 atom stereocenters. The van der Waals surface area contributed by atoms with Crippen LogP contribution in [0.15, 0.2) is 0 Å². The highest BCUT2D eigenvalue weighted by Crippen LogP contribution is 2.33.